The van der Waals surface area contributed by atoms with E-state index in [0.29, 0.717) is 0 Å². The molecule has 0 atom stereocenters. The molecular formula is C8F19N. The SMILES string of the molecule is FC(F)(F)C(F)(F)N(C(F)(F)C(F)(F)C(F)(F)F)C(F)(F)C(F)(F)C(F)(F)F. The fourth-order valence-corrected chi connectivity index (χ4v) is 1.28. The van der Waals surface area contributed by atoms with Crippen molar-refractivity contribution in [2.75, 3.05) is 0 Å². The average Bonchev–Trinajstić information content (AvgIpc) is 2.32. The summed E-state index contributed by atoms with van der Waals surface area (Å²) in [4.78, 5) is -5.16. The molecule has 170 valence electrons. The third-order valence-electron chi connectivity index (χ3n) is 2.65. The van der Waals surface area contributed by atoms with E-state index in [0.717, 1.165) is 0 Å². The summed E-state index contributed by atoms with van der Waals surface area (Å²) < 4.78 is 236. The summed E-state index contributed by atoms with van der Waals surface area (Å²) in [6.07, 6.45) is -24.0. The van der Waals surface area contributed by atoms with E-state index < -0.39 is 53.4 Å². The molecule has 0 saturated carbocycles. The van der Waals surface area contributed by atoms with Crippen molar-refractivity contribution < 1.29 is 83.4 Å². The number of halogens is 19. The van der Waals surface area contributed by atoms with Crippen LogP contribution in [0.3, 0.4) is 0 Å². The van der Waals surface area contributed by atoms with E-state index in [-0.39, 0.29) is 0 Å². The van der Waals surface area contributed by atoms with Crippen LogP contribution >= 0.6 is 0 Å². The van der Waals surface area contributed by atoms with Crippen molar-refractivity contribution in [3.63, 3.8) is 0 Å². The van der Waals surface area contributed by atoms with E-state index >= 15 is 0 Å². The molecule has 0 amide bonds. The minimum absolute atomic E-state index is 5.16. The molecule has 1 nitrogen and oxygen atoms in total. The van der Waals surface area contributed by atoms with Gasteiger partial charge < -0.3 is 0 Å². The molecule has 0 N–H and O–H groups in total. The zero-order chi connectivity index (χ0) is 23.6. The van der Waals surface area contributed by atoms with E-state index in [1.54, 1.807) is 0 Å². The van der Waals surface area contributed by atoms with Gasteiger partial charge in [0.1, 0.15) is 0 Å². The molecule has 28 heavy (non-hydrogen) atoms. The minimum atomic E-state index is -8.68. The smallest absolute Gasteiger partial charge is 0.187 e. The van der Waals surface area contributed by atoms with Gasteiger partial charge in [-0.25, -0.2) is 0 Å². The lowest BCUT2D eigenvalue weighted by Gasteiger charge is -2.45. The van der Waals surface area contributed by atoms with Crippen molar-refractivity contribution in [2.45, 2.75) is 48.5 Å². The van der Waals surface area contributed by atoms with Gasteiger partial charge in [0, 0.05) is 0 Å². The number of alkyl halides is 19. The van der Waals surface area contributed by atoms with Crippen LogP contribution < -0.4 is 0 Å². The summed E-state index contributed by atoms with van der Waals surface area (Å²) >= 11 is 0. The van der Waals surface area contributed by atoms with Gasteiger partial charge in [-0.05, 0) is 0 Å². The Hall–Kier alpha value is -1.37. The molecule has 0 heterocycles. The highest BCUT2D eigenvalue weighted by Gasteiger charge is 2.90. The number of nitrogens with zero attached hydrogens (tertiary/aromatic N) is 1. The lowest BCUT2D eigenvalue weighted by atomic mass is 10.1. The van der Waals surface area contributed by atoms with Crippen LogP contribution in [-0.4, -0.2) is 53.4 Å². The molecule has 0 aliphatic rings. The van der Waals surface area contributed by atoms with Crippen molar-refractivity contribution in [3.8, 4) is 0 Å². The van der Waals surface area contributed by atoms with Gasteiger partial charge in [0.15, 0.2) is 0 Å². The number of rotatable bonds is 5. The van der Waals surface area contributed by atoms with Gasteiger partial charge in [-0.15, -0.1) is 4.90 Å². The molecule has 20 heteroatoms. The summed E-state index contributed by atoms with van der Waals surface area (Å²) in [5.74, 6) is -16.8. The molecule has 0 aromatic heterocycles. The Morgan fingerprint density at radius 3 is 0.643 bits per heavy atom. The molecule has 0 unspecified atom stereocenters. The second-order valence-electron chi connectivity index (χ2n) is 4.60. The van der Waals surface area contributed by atoms with E-state index in [1.807, 2.05) is 0 Å². The summed E-state index contributed by atoms with van der Waals surface area (Å²) in [5, 5.41) is 0. The predicted octanol–water partition coefficient (Wildman–Crippen LogP) is 6.02. The summed E-state index contributed by atoms with van der Waals surface area (Å²) in [6.45, 7) is 0. The Morgan fingerprint density at radius 2 is 0.500 bits per heavy atom. The Kier molecular flexibility index (Phi) is 6.00. The van der Waals surface area contributed by atoms with Gasteiger partial charge in [0.05, 0.1) is 0 Å². The fraction of sp³-hybridized carbons (Fsp3) is 1.00. The molecule has 0 aliphatic carbocycles. The Bertz CT molecular complexity index is 522. The summed E-state index contributed by atoms with van der Waals surface area (Å²) in [5.41, 5.74) is 0. The first-order chi connectivity index (χ1) is 11.6. The predicted molar refractivity (Wildman–Crippen MR) is 44.7 cm³/mol. The Labute approximate surface area is 138 Å². The third-order valence-corrected chi connectivity index (χ3v) is 2.65. The van der Waals surface area contributed by atoms with E-state index in [1.165, 1.54) is 0 Å². The molecule has 0 saturated heterocycles. The monoisotopic (exact) mass is 471 g/mol. The van der Waals surface area contributed by atoms with E-state index in [9.17, 15) is 83.4 Å². The van der Waals surface area contributed by atoms with Gasteiger partial charge >= 0.3 is 48.5 Å². The van der Waals surface area contributed by atoms with Crippen molar-refractivity contribution >= 4 is 0 Å². The van der Waals surface area contributed by atoms with Crippen LogP contribution in [0, 0.1) is 0 Å². The van der Waals surface area contributed by atoms with Crippen LogP contribution in [0.15, 0.2) is 0 Å². The van der Waals surface area contributed by atoms with Crippen molar-refractivity contribution in [1.82, 2.24) is 4.90 Å². The fourth-order valence-electron chi connectivity index (χ4n) is 1.28. The first-order valence-corrected chi connectivity index (χ1v) is 5.51. The average molecular weight is 471 g/mol. The molecule has 0 aromatic rings. The molecule has 0 radical (unpaired) electrons. The van der Waals surface area contributed by atoms with Gasteiger partial charge in [-0.2, -0.15) is 83.4 Å². The zero-order valence-electron chi connectivity index (χ0n) is 11.6. The Balaban J connectivity index is 7.19. The number of hydrogen-bond acceptors (Lipinski definition) is 1. The topological polar surface area (TPSA) is 3.24 Å². The van der Waals surface area contributed by atoms with Crippen LogP contribution in [0.4, 0.5) is 83.4 Å². The molecule has 0 fully saturated rings. The van der Waals surface area contributed by atoms with E-state index in [4.69, 9.17) is 0 Å². The largest absolute Gasteiger partial charge is 0.469 e. The highest BCUT2D eigenvalue weighted by atomic mass is 19.4. The molecule has 0 aliphatic heterocycles. The first kappa shape index (κ1) is 26.6. The van der Waals surface area contributed by atoms with Crippen LogP contribution in [0.25, 0.3) is 0 Å². The summed E-state index contributed by atoms with van der Waals surface area (Å²) in [6, 6.07) is -25.8. The van der Waals surface area contributed by atoms with Gasteiger partial charge in [-0.1, -0.05) is 0 Å². The minimum Gasteiger partial charge on any atom is -0.187 e. The quantitative estimate of drug-likeness (QED) is 0.350. The van der Waals surface area contributed by atoms with Crippen LogP contribution in [0.2, 0.25) is 0 Å². The lowest BCUT2D eigenvalue weighted by molar-refractivity contribution is -0.517. The molecule has 0 aromatic carbocycles. The van der Waals surface area contributed by atoms with Crippen molar-refractivity contribution in [3.05, 3.63) is 0 Å². The van der Waals surface area contributed by atoms with Gasteiger partial charge in [-0.3, -0.25) is 0 Å². The van der Waals surface area contributed by atoms with Gasteiger partial charge in [0.25, 0.3) is 0 Å². The maximum Gasteiger partial charge on any atom is 0.469 e. The molecule has 0 bridgehead atoms. The molecule has 0 spiro atoms. The summed E-state index contributed by atoms with van der Waals surface area (Å²) in [7, 11) is 0. The lowest BCUT2D eigenvalue weighted by Crippen LogP contribution is -2.77. The van der Waals surface area contributed by atoms with Crippen LogP contribution in [0.1, 0.15) is 0 Å². The molecule has 0 rings (SSSR count). The van der Waals surface area contributed by atoms with Crippen LogP contribution in [-0.2, 0) is 0 Å². The maximum atomic E-state index is 13.1. The second kappa shape index (κ2) is 6.31. The standard InChI is InChI=1S/C8F19N/c9-1(10,3(13,14)15)6(22,23)28(8(26,27)5(19,20)21)7(24,25)2(11,12)4(16,17)18. The highest BCUT2D eigenvalue weighted by Crippen LogP contribution is 2.60. The van der Waals surface area contributed by atoms with Crippen LogP contribution in [0.5, 0.6) is 0 Å². The highest BCUT2D eigenvalue weighted by molar-refractivity contribution is 5.03. The Morgan fingerprint density at radius 1 is 0.286 bits per heavy atom. The van der Waals surface area contributed by atoms with Crippen molar-refractivity contribution in [2.24, 2.45) is 0 Å². The molecular weight excluding hydrogens is 471 g/mol. The van der Waals surface area contributed by atoms with Crippen molar-refractivity contribution in [1.29, 1.82) is 0 Å². The number of hydrogen-bond donors (Lipinski definition) is 0. The first-order valence-electron chi connectivity index (χ1n) is 5.51. The maximum absolute atomic E-state index is 13.1. The van der Waals surface area contributed by atoms with E-state index in [2.05, 4.69) is 0 Å². The zero-order valence-corrected chi connectivity index (χ0v) is 11.6. The second-order valence-corrected chi connectivity index (χ2v) is 4.60. The van der Waals surface area contributed by atoms with Gasteiger partial charge in [0.2, 0.25) is 0 Å². The normalized spacial score (nSPS) is 16.7. The third kappa shape index (κ3) is 3.62.